The number of ketones is 1. The van der Waals surface area contributed by atoms with Crippen molar-refractivity contribution in [3.63, 3.8) is 0 Å². The summed E-state index contributed by atoms with van der Waals surface area (Å²) in [5.74, 6) is -2.34. The summed E-state index contributed by atoms with van der Waals surface area (Å²) in [5.41, 5.74) is 1.34. The quantitative estimate of drug-likeness (QED) is 0.194. The smallest absolute Gasteiger partial charge is 0.300 e. The van der Waals surface area contributed by atoms with Gasteiger partial charge in [0.05, 0.1) is 16.5 Å². The van der Waals surface area contributed by atoms with Gasteiger partial charge >= 0.3 is 0 Å². The number of non-ortho nitro benzene ring substituents is 1. The molecule has 1 saturated heterocycles. The molecule has 1 fully saturated rings. The van der Waals surface area contributed by atoms with Crippen molar-refractivity contribution >= 4 is 40.4 Å². The van der Waals surface area contributed by atoms with Gasteiger partial charge in [-0.2, -0.15) is 0 Å². The number of hydrogen-bond donors (Lipinski definition) is 2. The summed E-state index contributed by atoms with van der Waals surface area (Å²) in [5, 5.41) is 24.7. The van der Waals surface area contributed by atoms with Gasteiger partial charge in [0, 0.05) is 36.0 Å². The Morgan fingerprint density at radius 3 is 2.15 bits per heavy atom. The molecule has 0 bridgehead atoms. The van der Waals surface area contributed by atoms with E-state index in [-0.39, 0.29) is 22.9 Å². The monoisotopic (exact) mass is 457 g/mol. The number of Topliss-reactive ketones (excluding diaryl/α,β-unsaturated/α-hetero) is 1. The highest BCUT2D eigenvalue weighted by molar-refractivity contribution is 6.51. The molecule has 1 heterocycles. The molecule has 1 aliphatic heterocycles. The van der Waals surface area contributed by atoms with Crippen LogP contribution in [0.3, 0.4) is 0 Å². The van der Waals surface area contributed by atoms with E-state index in [1.807, 2.05) is 0 Å². The lowest BCUT2D eigenvalue weighted by atomic mass is 9.95. The third-order valence-electron chi connectivity index (χ3n) is 5.38. The lowest BCUT2D eigenvalue weighted by molar-refractivity contribution is -0.384. The van der Waals surface area contributed by atoms with Crippen LogP contribution in [-0.4, -0.2) is 27.6 Å². The van der Waals surface area contributed by atoms with Crippen LogP contribution in [0.5, 0.6) is 0 Å². The minimum atomic E-state index is -1.02. The molecule has 1 unspecified atom stereocenters. The summed E-state index contributed by atoms with van der Waals surface area (Å²) in [6, 6.07) is 19.1. The van der Waals surface area contributed by atoms with E-state index in [9.17, 15) is 29.6 Å². The number of nitrogens with one attached hydrogen (secondary N) is 1. The van der Waals surface area contributed by atoms with Gasteiger partial charge < -0.3 is 10.4 Å². The average Bonchev–Trinajstić information content (AvgIpc) is 3.10. The molecule has 0 aliphatic carbocycles. The molecule has 0 radical (unpaired) electrons. The first kappa shape index (κ1) is 22.4. The number of nitro benzene ring substituents is 1. The molecule has 0 spiro atoms. The second kappa shape index (κ2) is 8.99. The van der Waals surface area contributed by atoms with Gasteiger partial charge in [0.1, 0.15) is 5.76 Å². The molecule has 3 aromatic rings. The molecular formula is C25H19N3O6. The number of hydrogen-bond acceptors (Lipinski definition) is 6. The highest BCUT2D eigenvalue weighted by Crippen LogP contribution is 2.42. The molecule has 0 saturated carbocycles. The van der Waals surface area contributed by atoms with Gasteiger partial charge in [-0.3, -0.25) is 29.4 Å². The third kappa shape index (κ3) is 4.14. The highest BCUT2D eigenvalue weighted by Gasteiger charge is 2.47. The summed E-state index contributed by atoms with van der Waals surface area (Å²) >= 11 is 0. The lowest BCUT2D eigenvalue weighted by Crippen LogP contribution is -2.29. The maximum Gasteiger partial charge on any atom is 0.300 e. The van der Waals surface area contributed by atoms with Crippen LogP contribution in [0, 0.1) is 10.1 Å². The third-order valence-corrected chi connectivity index (χ3v) is 5.38. The zero-order valence-electron chi connectivity index (χ0n) is 18.0. The van der Waals surface area contributed by atoms with Crippen molar-refractivity contribution in [3.05, 3.63) is 106 Å². The first-order valence-corrected chi connectivity index (χ1v) is 10.3. The van der Waals surface area contributed by atoms with Crippen LogP contribution in [0.4, 0.5) is 17.1 Å². The van der Waals surface area contributed by atoms with Crippen LogP contribution >= 0.6 is 0 Å². The zero-order chi connectivity index (χ0) is 24.4. The van der Waals surface area contributed by atoms with Crippen LogP contribution in [0.2, 0.25) is 0 Å². The van der Waals surface area contributed by atoms with E-state index in [0.717, 1.165) is 0 Å². The summed E-state index contributed by atoms with van der Waals surface area (Å²) in [7, 11) is 0. The van der Waals surface area contributed by atoms with Gasteiger partial charge in [-0.25, -0.2) is 0 Å². The van der Waals surface area contributed by atoms with Crippen LogP contribution in [-0.2, 0) is 14.4 Å². The van der Waals surface area contributed by atoms with Crippen molar-refractivity contribution in [1.82, 2.24) is 0 Å². The van der Waals surface area contributed by atoms with E-state index in [1.54, 1.807) is 54.6 Å². The number of aliphatic hydroxyl groups excluding tert-OH is 1. The van der Waals surface area contributed by atoms with Gasteiger partial charge in [0.2, 0.25) is 5.91 Å². The fraction of sp³-hybridized carbons (Fsp3) is 0.0800. The minimum Gasteiger partial charge on any atom is -0.507 e. The van der Waals surface area contributed by atoms with Crippen molar-refractivity contribution < 1.29 is 24.4 Å². The van der Waals surface area contributed by atoms with E-state index >= 15 is 0 Å². The maximum atomic E-state index is 13.1. The van der Waals surface area contributed by atoms with Crippen LogP contribution in [0.25, 0.3) is 5.76 Å². The average molecular weight is 457 g/mol. The van der Waals surface area contributed by atoms with E-state index in [1.165, 1.54) is 36.1 Å². The molecule has 9 heteroatoms. The second-order valence-electron chi connectivity index (χ2n) is 7.61. The van der Waals surface area contributed by atoms with Crippen molar-refractivity contribution in [1.29, 1.82) is 0 Å². The molecule has 1 atom stereocenters. The highest BCUT2D eigenvalue weighted by atomic mass is 16.6. The van der Waals surface area contributed by atoms with E-state index < -0.39 is 22.7 Å². The first-order valence-electron chi connectivity index (χ1n) is 10.3. The Labute approximate surface area is 194 Å². The fourth-order valence-corrected chi connectivity index (χ4v) is 3.85. The summed E-state index contributed by atoms with van der Waals surface area (Å²) in [4.78, 5) is 49.3. The topological polar surface area (TPSA) is 130 Å². The van der Waals surface area contributed by atoms with Crippen molar-refractivity contribution in [2.45, 2.75) is 13.0 Å². The molecular weight excluding hydrogens is 438 g/mol. The van der Waals surface area contributed by atoms with Crippen LogP contribution in [0.15, 0.2) is 84.4 Å². The number of carbonyl (C=O) groups is 3. The van der Waals surface area contributed by atoms with Gasteiger partial charge in [-0.05, 0) is 42.0 Å². The Morgan fingerprint density at radius 1 is 0.971 bits per heavy atom. The predicted octanol–water partition coefficient (Wildman–Crippen LogP) is 4.18. The minimum absolute atomic E-state index is 0.129. The molecule has 3 aromatic carbocycles. The number of rotatable bonds is 5. The van der Waals surface area contributed by atoms with Crippen LogP contribution < -0.4 is 10.2 Å². The standard InChI is InChI=1S/C25H19N3O6/c1-15(29)26-18-9-13-19(14-10-18)27-22(16-7-11-20(12-8-16)28(33)34)21(24(31)25(27)32)23(30)17-5-3-2-4-6-17/h2-14,22,30H,1H3,(H,26,29)/b23-21-. The molecule has 34 heavy (non-hydrogen) atoms. The molecule has 0 aromatic heterocycles. The number of amides is 2. The summed E-state index contributed by atoms with van der Waals surface area (Å²) in [6.07, 6.45) is 0. The number of anilines is 2. The normalized spacial score (nSPS) is 17.0. The van der Waals surface area contributed by atoms with Gasteiger partial charge in [0.25, 0.3) is 17.4 Å². The number of carbonyl (C=O) groups excluding carboxylic acids is 3. The lowest BCUT2D eigenvalue weighted by Gasteiger charge is -2.25. The fourth-order valence-electron chi connectivity index (χ4n) is 3.85. The molecule has 2 amide bonds. The van der Waals surface area contributed by atoms with Crippen molar-refractivity contribution in [3.8, 4) is 0 Å². The van der Waals surface area contributed by atoms with E-state index in [4.69, 9.17) is 0 Å². The Kier molecular flexibility index (Phi) is 5.92. The van der Waals surface area contributed by atoms with E-state index in [0.29, 0.717) is 22.5 Å². The summed E-state index contributed by atoms with van der Waals surface area (Å²) in [6.45, 7) is 1.37. The van der Waals surface area contributed by atoms with Crippen molar-refractivity contribution in [2.75, 3.05) is 10.2 Å². The van der Waals surface area contributed by atoms with Gasteiger partial charge in [-0.15, -0.1) is 0 Å². The Hall–Kier alpha value is -4.79. The van der Waals surface area contributed by atoms with Gasteiger partial charge in [-0.1, -0.05) is 30.3 Å². The number of nitro groups is 1. The first-order chi connectivity index (χ1) is 16.3. The largest absolute Gasteiger partial charge is 0.507 e. The summed E-state index contributed by atoms with van der Waals surface area (Å²) < 4.78 is 0. The number of nitrogens with zero attached hydrogens (tertiary/aromatic N) is 2. The van der Waals surface area contributed by atoms with Crippen LogP contribution in [0.1, 0.15) is 24.1 Å². The van der Waals surface area contributed by atoms with E-state index in [2.05, 4.69) is 5.32 Å². The van der Waals surface area contributed by atoms with Gasteiger partial charge in [0.15, 0.2) is 0 Å². The molecule has 9 nitrogen and oxygen atoms in total. The van der Waals surface area contributed by atoms with Crippen molar-refractivity contribution in [2.24, 2.45) is 0 Å². The Bertz CT molecular complexity index is 1320. The second-order valence-corrected chi connectivity index (χ2v) is 7.61. The molecule has 170 valence electrons. The number of aliphatic hydroxyl groups is 1. The Balaban J connectivity index is 1.87. The zero-order valence-corrected chi connectivity index (χ0v) is 18.0. The maximum absolute atomic E-state index is 13.1. The SMILES string of the molecule is CC(=O)Nc1ccc(N2C(=O)C(=O)/C(=C(\O)c3ccccc3)C2c2ccc([N+](=O)[O-])cc2)cc1. The molecule has 4 rings (SSSR count). The number of benzene rings is 3. The Morgan fingerprint density at radius 2 is 1.59 bits per heavy atom. The predicted molar refractivity (Wildman–Crippen MR) is 125 cm³/mol. The molecule has 2 N–H and O–H groups in total. The molecule has 1 aliphatic rings.